The molecule has 3 N–H and O–H groups in total. The van der Waals surface area contributed by atoms with Crippen LogP contribution in [-0.2, 0) is 11.2 Å². The van der Waals surface area contributed by atoms with E-state index in [4.69, 9.17) is 15.2 Å². The van der Waals surface area contributed by atoms with E-state index in [2.05, 4.69) is 34.5 Å². The number of ether oxygens (including phenoxy) is 2. The second-order valence-electron chi connectivity index (χ2n) is 7.47. The fraction of sp³-hybridized carbons (Fsp3) is 0.409. The molecular formula is C22H27N3O3. The van der Waals surface area contributed by atoms with Crippen LogP contribution >= 0.6 is 0 Å². The number of carbonyl (C=O) groups excluding carboxylic acids is 1. The van der Waals surface area contributed by atoms with Crippen molar-refractivity contribution < 1.29 is 14.3 Å². The number of anilines is 1. The molecule has 0 bridgehead atoms. The lowest BCUT2D eigenvalue weighted by Crippen LogP contribution is -2.56. The van der Waals surface area contributed by atoms with E-state index in [0.717, 1.165) is 36.5 Å². The van der Waals surface area contributed by atoms with Gasteiger partial charge in [-0.05, 0) is 37.1 Å². The minimum atomic E-state index is -0.400. The number of nitrogens with two attached hydrogens (primary N) is 1. The molecule has 2 aliphatic rings. The van der Waals surface area contributed by atoms with E-state index in [1.807, 2.05) is 24.3 Å². The van der Waals surface area contributed by atoms with Crippen molar-refractivity contribution in [3.05, 3.63) is 59.7 Å². The van der Waals surface area contributed by atoms with Crippen LogP contribution in [0.2, 0.25) is 0 Å². The van der Waals surface area contributed by atoms with Crippen LogP contribution < -0.4 is 20.7 Å². The molecule has 2 aliphatic heterocycles. The predicted octanol–water partition coefficient (Wildman–Crippen LogP) is 2.67. The van der Waals surface area contributed by atoms with Gasteiger partial charge in [0.2, 0.25) is 0 Å². The SMILES string of the molecule is CCOC(=O)N[C@@H]1COc2ccc(N3CC(N)C3)cc2[C@@H]1Cc1ccccc1. The van der Waals surface area contributed by atoms with Gasteiger partial charge in [-0.25, -0.2) is 4.79 Å². The smallest absolute Gasteiger partial charge is 0.407 e. The van der Waals surface area contributed by atoms with Crippen molar-refractivity contribution in [1.82, 2.24) is 5.32 Å². The Morgan fingerprint density at radius 3 is 2.75 bits per heavy atom. The Labute approximate surface area is 165 Å². The molecule has 4 rings (SSSR count). The van der Waals surface area contributed by atoms with E-state index in [-0.39, 0.29) is 18.0 Å². The minimum Gasteiger partial charge on any atom is -0.491 e. The van der Waals surface area contributed by atoms with E-state index >= 15 is 0 Å². The van der Waals surface area contributed by atoms with Crippen LogP contribution in [0.25, 0.3) is 0 Å². The van der Waals surface area contributed by atoms with Gasteiger partial charge < -0.3 is 25.4 Å². The first-order valence-corrected chi connectivity index (χ1v) is 9.88. The summed E-state index contributed by atoms with van der Waals surface area (Å²) in [6.07, 6.45) is 0.416. The zero-order chi connectivity index (χ0) is 19.5. The van der Waals surface area contributed by atoms with Gasteiger partial charge in [0.15, 0.2) is 0 Å². The summed E-state index contributed by atoms with van der Waals surface area (Å²) in [4.78, 5) is 14.3. The summed E-state index contributed by atoms with van der Waals surface area (Å²) in [6, 6.07) is 16.7. The van der Waals surface area contributed by atoms with E-state index in [1.54, 1.807) is 6.92 Å². The van der Waals surface area contributed by atoms with Crippen LogP contribution in [0.1, 0.15) is 24.0 Å². The van der Waals surface area contributed by atoms with Gasteiger partial charge in [0.05, 0.1) is 12.6 Å². The lowest BCUT2D eigenvalue weighted by atomic mass is 9.83. The Balaban J connectivity index is 1.63. The molecule has 1 fully saturated rings. The van der Waals surface area contributed by atoms with Crippen molar-refractivity contribution in [2.24, 2.45) is 5.73 Å². The third-order valence-electron chi connectivity index (χ3n) is 5.45. The molecule has 28 heavy (non-hydrogen) atoms. The largest absolute Gasteiger partial charge is 0.491 e. The van der Waals surface area contributed by atoms with Crippen molar-refractivity contribution >= 4 is 11.8 Å². The van der Waals surface area contributed by atoms with Crippen LogP contribution in [0.5, 0.6) is 5.75 Å². The van der Waals surface area contributed by atoms with Crippen molar-refractivity contribution in [1.29, 1.82) is 0 Å². The highest BCUT2D eigenvalue weighted by atomic mass is 16.5. The highest BCUT2D eigenvalue weighted by Crippen LogP contribution is 2.39. The maximum Gasteiger partial charge on any atom is 0.407 e. The molecule has 1 amide bonds. The van der Waals surface area contributed by atoms with Gasteiger partial charge in [-0.15, -0.1) is 0 Å². The standard InChI is InChI=1S/C22H27N3O3/c1-2-27-22(26)24-20-14-28-21-9-8-17(25-12-16(23)13-25)11-19(21)18(20)10-15-6-4-3-5-7-15/h3-9,11,16,18,20H,2,10,12-14,23H2,1H3,(H,24,26)/t18-,20+/m0/s1. The third kappa shape index (κ3) is 3.92. The van der Waals surface area contributed by atoms with E-state index in [9.17, 15) is 4.79 Å². The monoisotopic (exact) mass is 381 g/mol. The van der Waals surface area contributed by atoms with Crippen LogP contribution in [0.3, 0.4) is 0 Å². The van der Waals surface area contributed by atoms with Gasteiger partial charge in [0.1, 0.15) is 12.4 Å². The number of nitrogens with zero attached hydrogens (tertiary/aromatic N) is 1. The molecule has 0 aromatic heterocycles. The Bertz CT molecular complexity index is 821. The average Bonchev–Trinajstić information content (AvgIpc) is 2.68. The van der Waals surface area contributed by atoms with Gasteiger partial charge in [0.25, 0.3) is 0 Å². The number of carbonyl (C=O) groups is 1. The van der Waals surface area contributed by atoms with Gasteiger partial charge in [-0.1, -0.05) is 30.3 Å². The van der Waals surface area contributed by atoms with E-state index in [0.29, 0.717) is 13.2 Å². The van der Waals surface area contributed by atoms with Crippen molar-refractivity contribution in [3.8, 4) is 5.75 Å². The van der Waals surface area contributed by atoms with Crippen molar-refractivity contribution in [2.75, 3.05) is 31.2 Å². The highest BCUT2D eigenvalue weighted by molar-refractivity contribution is 5.68. The summed E-state index contributed by atoms with van der Waals surface area (Å²) in [5.41, 5.74) is 9.45. The Morgan fingerprint density at radius 2 is 2.04 bits per heavy atom. The van der Waals surface area contributed by atoms with E-state index in [1.165, 1.54) is 5.56 Å². The number of amides is 1. The third-order valence-corrected chi connectivity index (χ3v) is 5.45. The van der Waals surface area contributed by atoms with Gasteiger partial charge in [-0.3, -0.25) is 0 Å². The molecule has 0 unspecified atom stereocenters. The highest BCUT2D eigenvalue weighted by Gasteiger charge is 2.34. The van der Waals surface area contributed by atoms with Crippen LogP contribution in [0.4, 0.5) is 10.5 Å². The molecular weight excluding hydrogens is 354 g/mol. The number of alkyl carbamates (subject to hydrolysis) is 1. The summed E-state index contributed by atoms with van der Waals surface area (Å²) in [7, 11) is 0. The summed E-state index contributed by atoms with van der Waals surface area (Å²) in [5, 5.41) is 2.99. The second kappa shape index (κ2) is 8.10. The fourth-order valence-electron chi connectivity index (χ4n) is 3.98. The van der Waals surface area contributed by atoms with Gasteiger partial charge in [-0.2, -0.15) is 0 Å². The molecule has 6 nitrogen and oxygen atoms in total. The van der Waals surface area contributed by atoms with Crippen LogP contribution in [-0.4, -0.2) is 44.5 Å². The molecule has 0 aliphatic carbocycles. The fourth-order valence-corrected chi connectivity index (χ4v) is 3.98. The molecule has 6 heteroatoms. The number of hydrogen-bond donors (Lipinski definition) is 2. The summed E-state index contributed by atoms with van der Waals surface area (Å²) in [5.74, 6) is 0.988. The first kappa shape index (κ1) is 18.6. The summed E-state index contributed by atoms with van der Waals surface area (Å²) < 4.78 is 11.1. The lowest BCUT2D eigenvalue weighted by molar-refractivity contribution is 0.135. The number of benzene rings is 2. The molecule has 2 aromatic rings. The quantitative estimate of drug-likeness (QED) is 0.833. The number of rotatable bonds is 5. The molecule has 1 saturated heterocycles. The normalized spacial score (nSPS) is 21.3. The second-order valence-corrected chi connectivity index (χ2v) is 7.47. The zero-order valence-corrected chi connectivity index (χ0v) is 16.1. The maximum atomic E-state index is 12.1. The Kier molecular flexibility index (Phi) is 5.39. The molecule has 0 saturated carbocycles. The molecule has 2 atom stereocenters. The Morgan fingerprint density at radius 1 is 1.25 bits per heavy atom. The maximum absolute atomic E-state index is 12.1. The summed E-state index contributed by atoms with van der Waals surface area (Å²) in [6.45, 7) is 4.31. The van der Waals surface area contributed by atoms with Gasteiger partial charge >= 0.3 is 6.09 Å². The first-order chi connectivity index (χ1) is 13.6. The van der Waals surface area contributed by atoms with Crippen LogP contribution in [0.15, 0.2) is 48.5 Å². The predicted molar refractivity (Wildman–Crippen MR) is 109 cm³/mol. The van der Waals surface area contributed by atoms with Crippen molar-refractivity contribution in [3.63, 3.8) is 0 Å². The number of fused-ring (bicyclic) bond motifs is 1. The van der Waals surface area contributed by atoms with Gasteiger partial charge in [0, 0.05) is 36.3 Å². The molecule has 2 heterocycles. The molecule has 2 aromatic carbocycles. The zero-order valence-electron chi connectivity index (χ0n) is 16.1. The van der Waals surface area contributed by atoms with Crippen LogP contribution in [0, 0.1) is 0 Å². The minimum absolute atomic E-state index is 0.102. The molecule has 148 valence electrons. The first-order valence-electron chi connectivity index (χ1n) is 9.88. The average molecular weight is 381 g/mol. The molecule has 0 radical (unpaired) electrons. The Hall–Kier alpha value is -2.73. The van der Waals surface area contributed by atoms with Crippen molar-refractivity contribution in [2.45, 2.75) is 31.3 Å². The molecule has 0 spiro atoms. The lowest BCUT2D eigenvalue weighted by Gasteiger charge is -2.40. The number of nitrogens with one attached hydrogen (secondary N) is 1. The topological polar surface area (TPSA) is 76.8 Å². The summed E-state index contributed by atoms with van der Waals surface area (Å²) >= 11 is 0. The number of hydrogen-bond acceptors (Lipinski definition) is 5. The van der Waals surface area contributed by atoms with E-state index < -0.39 is 6.09 Å².